The third-order valence-electron chi connectivity index (χ3n) is 1.81. The molecule has 0 heterocycles. The minimum atomic E-state index is -0.405. The molecule has 0 radical (unpaired) electrons. The van der Waals surface area contributed by atoms with Gasteiger partial charge in [-0.3, -0.25) is 0 Å². The fraction of sp³-hybridized carbons (Fsp3) is 0.333. The van der Waals surface area contributed by atoms with Crippen molar-refractivity contribution in [1.82, 2.24) is 0 Å². The average molecular weight is 188 g/mol. The summed E-state index contributed by atoms with van der Waals surface area (Å²) in [5.41, 5.74) is 6.49. The Bertz CT molecular complexity index is 275. The van der Waals surface area contributed by atoms with Crippen molar-refractivity contribution < 1.29 is 4.39 Å². The lowest BCUT2D eigenvalue weighted by molar-refractivity contribution is 0.617. The normalized spacial score (nSPS) is 13.0. The van der Waals surface area contributed by atoms with E-state index in [9.17, 15) is 4.39 Å². The van der Waals surface area contributed by atoms with Crippen LogP contribution in [0, 0.1) is 5.82 Å². The summed E-state index contributed by atoms with van der Waals surface area (Å²) < 4.78 is 12.9. The Labute approximate surface area is 76.3 Å². The lowest BCUT2D eigenvalue weighted by Gasteiger charge is -2.08. The van der Waals surface area contributed by atoms with Crippen molar-refractivity contribution in [2.75, 3.05) is 0 Å². The smallest absolute Gasteiger partial charge is 0.142 e. The predicted molar refractivity (Wildman–Crippen MR) is 48.6 cm³/mol. The van der Waals surface area contributed by atoms with Crippen LogP contribution in [0.3, 0.4) is 0 Å². The molecule has 0 aliphatic carbocycles. The molecule has 0 aliphatic heterocycles. The van der Waals surface area contributed by atoms with E-state index in [-0.39, 0.29) is 11.1 Å². The Morgan fingerprint density at radius 3 is 2.75 bits per heavy atom. The molecule has 0 saturated heterocycles. The SMILES string of the molecule is CC[C@H](N)c1ccc(Cl)c(F)c1. The average Bonchev–Trinajstić information content (AvgIpc) is 2.08. The zero-order chi connectivity index (χ0) is 9.14. The van der Waals surface area contributed by atoms with Gasteiger partial charge in [0, 0.05) is 6.04 Å². The molecule has 66 valence electrons. The van der Waals surface area contributed by atoms with Crippen molar-refractivity contribution in [2.24, 2.45) is 5.73 Å². The van der Waals surface area contributed by atoms with Crippen molar-refractivity contribution in [3.8, 4) is 0 Å². The fourth-order valence-corrected chi connectivity index (χ4v) is 1.10. The molecule has 0 bridgehead atoms. The molecule has 1 rings (SSSR count). The van der Waals surface area contributed by atoms with Crippen molar-refractivity contribution >= 4 is 11.6 Å². The minimum absolute atomic E-state index is 0.100. The first-order chi connectivity index (χ1) is 5.65. The second-order valence-electron chi connectivity index (χ2n) is 2.69. The Morgan fingerprint density at radius 1 is 1.58 bits per heavy atom. The largest absolute Gasteiger partial charge is 0.324 e. The first kappa shape index (κ1) is 9.49. The molecule has 1 aromatic carbocycles. The zero-order valence-electron chi connectivity index (χ0n) is 6.85. The highest BCUT2D eigenvalue weighted by atomic mass is 35.5. The van der Waals surface area contributed by atoms with E-state index >= 15 is 0 Å². The molecule has 0 spiro atoms. The van der Waals surface area contributed by atoms with Crippen molar-refractivity contribution in [3.05, 3.63) is 34.6 Å². The molecule has 0 aliphatic rings. The summed E-state index contributed by atoms with van der Waals surface area (Å²) in [6.45, 7) is 1.96. The van der Waals surface area contributed by atoms with Gasteiger partial charge in [-0.15, -0.1) is 0 Å². The highest BCUT2D eigenvalue weighted by Gasteiger charge is 2.05. The summed E-state index contributed by atoms with van der Waals surface area (Å²) in [5, 5.41) is 0.141. The summed E-state index contributed by atoms with van der Waals surface area (Å²) in [6.07, 6.45) is 0.793. The molecule has 1 nitrogen and oxygen atoms in total. The van der Waals surface area contributed by atoms with Crippen LogP contribution in [0.15, 0.2) is 18.2 Å². The lowest BCUT2D eigenvalue weighted by atomic mass is 10.1. The Morgan fingerprint density at radius 2 is 2.25 bits per heavy atom. The highest BCUT2D eigenvalue weighted by Crippen LogP contribution is 2.20. The molecule has 12 heavy (non-hydrogen) atoms. The molecule has 0 aromatic heterocycles. The van der Waals surface area contributed by atoms with E-state index in [4.69, 9.17) is 17.3 Å². The number of benzene rings is 1. The molecule has 1 atom stereocenters. The Hall–Kier alpha value is -0.600. The number of hydrogen-bond acceptors (Lipinski definition) is 1. The van der Waals surface area contributed by atoms with Crippen LogP contribution < -0.4 is 5.73 Å². The van der Waals surface area contributed by atoms with Crippen LogP contribution in [-0.2, 0) is 0 Å². The highest BCUT2D eigenvalue weighted by molar-refractivity contribution is 6.30. The summed E-state index contributed by atoms with van der Waals surface area (Å²) >= 11 is 5.51. The molecule has 0 amide bonds. The van der Waals surface area contributed by atoms with Crippen LogP contribution >= 0.6 is 11.6 Å². The van der Waals surface area contributed by atoms with E-state index in [1.54, 1.807) is 6.07 Å². The monoisotopic (exact) mass is 187 g/mol. The van der Waals surface area contributed by atoms with Gasteiger partial charge < -0.3 is 5.73 Å². The minimum Gasteiger partial charge on any atom is -0.324 e. The lowest BCUT2D eigenvalue weighted by Crippen LogP contribution is -2.08. The topological polar surface area (TPSA) is 26.0 Å². The van der Waals surface area contributed by atoms with Crippen LogP contribution in [0.1, 0.15) is 24.9 Å². The quantitative estimate of drug-likeness (QED) is 0.757. The summed E-state index contributed by atoms with van der Waals surface area (Å²) in [7, 11) is 0. The second-order valence-corrected chi connectivity index (χ2v) is 3.10. The van der Waals surface area contributed by atoms with Crippen LogP contribution in [0.4, 0.5) is 4.39 Å². The van der Waals surface area contributed by atoms with E-state index in [0.717, 1.165) is 12.0 Å². The Balaban J connectivity index is 2.96. The first-order valence-corrected chi connectivity index (χ1v) is 4.23. The van der Waals surface area contributed by atoms with Crippen molar-refractivity contribution in [2.45, 2.75) is 19.4 Å². The van der Waals surface area contributed by atoms with Crippen molar-refractivity contribution in [3.63, 3.8) is 0 Å². The maximum absolute atomic E-state index is 12.9. The van der Waals surface area contributed by atoms with Gasteiger partial charge in [-0.05, 0) is 24.1 Å². The van der Waals surface area contributed by atoms with E-state index in [0.29, 0.717) is 0 Å². The van der Waals surface area contributed by atoms with E-state index in [2.05, 4.69) is 0 Å². The maximum atomic E-state index is 12.9. The molecule has 0 fully saturated rings. The van der Waals surface area contributed by atoms with Crippen molar-refractivity contribution in [1.29, 1.82) is 0 Å². The van der Waals surface area contributed by atoms with E-state index in [1.807, 2.05) is 6.92 Å². The number of halogens is 2. The zero-order valence-corrected chi connectivity index (χ0v) is 7.61. The Kier molecular flexibility index (Phi) is 3.06. The van der Waals surface area contributed by atoms with Gasteiger partial charge in [0.1, 0.15) is 5.82 Å². The summed E-state index contributed by atoms with van der Waals surface area (Å²) in [6, 6.07) is 4.56. The van der Waals surface area contributed by atoms with Gasteiger partial charge >= 0.3 is 0 Å². The molecular formula is C9H11ClFN. The standard InChI is InChI=1S/C9H11ClFN/c1-2-9(12)6-3-4-7(10)8(11)5-6/h3-5,9H,2,12H2,1H3/t9-/m0/s1. The van der Waals surface area contributed by atoms with Gasteiger partial charge in [0.05, 0.1) is 5.02 Å². The first-order valence-electron chi connectivity index (χ1n) is 3.85. The van der Waals surface area contributed by atoms with Crippen LogP contribution in [0.2, 0.25) is 5.02 Å². The van der Waals surface area contributed by atoms with Gasteiger partial charge in [-0.2, -0.15) is 0 Å². The molecule has 0 unspecified atom stereocenters. The van der Waals surface area contributed by atoms with Crippen LogP contribution in [0.5, 0.6) is 0 Å². The molecule has 1 aromatic rings. The maximum Gasteiger partial charge on any atom is 0.142 e. The van der Waals surface area contributed by atoms with Gasteiger partial charge in [-0.1, -0.05) is 24.6 Å². The number of hydrogen-bond donors (Lipinski definition) is 1. The third kappa shape index (κ3) is 1.96. The molecule has 2 N–H and O–H groups in total. The molecule has 0 saturated carbocycles. The van der Waals surface area contributed by atoms with E-state index in [1.165, 1.54) is 12.1 Å². The van der Waals surface area contributed by atoms with Crippen LogP contribution in [0.25, 0.3) is 0 Å². The number of rotatable bonds is 2. The fourth-order valence-electron chi connectivity index (χ4n) is 0.979. The second kappa shape index (κ2) is 3.87. The van der Waals surface area contributed by atoms with Gasteiger partial charge in [0.25, 0.3) is 0 Å². The van der Waals surface area contributed by atoms with Gasteiger partial charge in [-0.25, -0.2) is 4.39 Å². The van der Waals surface area contributed by atoms with Gasteiger partial charge in [0.2, 0.25) is 0 Å². The number of nitrogens with two attached hydrogens (primary N) is 1. The van der Waals surface area contributed by atoms with E-state index < -0.39 is 5.82 Å². The van der Waals surface area contributed by atoms with Crippen LogP contribution in [-0.4, -0.2) is 0 Å². The summed E-state index contributed by atoms with van der Waals surface area (Å²) in [5.74, 6) is -0.405. The summed E-state index contributed by atoms with van der Waals surface area (Å²) in [4.78, 5) is 0. The third-order valence-corrected chi connectivity index (χ3v) is 2.12. The molecule has 3 heteroatoms. The molecular weight excluding hydrogens is 177 g/mol. The van der Waals surface area contributed by atoms with Gasteiger partial charge in [0.15, 0.2) is 0 Å². The predicted octanol–water partition coefficient (Wildman–Crippen LogP) is 2.89.